The number of pyridine rings is 1. The van der Waals surface area contributed by atoms with Crippen molar-refractivity contribution in [3.05, 3.63) is 36.4 Å². The van der Waals surface area contributed by atoms with Gasteiger partial charge in [0.25, 0.3) is 10.0 Å². The fourth-order valence-corrected chi connectivity index (χ4v) is 3.70. The fraction of sp³-hybridized carbons (Fsp3) is 0.308. The predicted molar refractivity (Wildman–Crippen MR) is 75.5 cm³/mol. The van der Waals surface area contributed by atoms with Crippen molar-refractivity contribution in [3.8, 4) is 0 Å². The van der Waals surface area contributed by atoms with Crippen molar-refractivity contribution in [1.29, 1.82) is 0 Å². The Morgan fingerprint density at radius 3 is 2.70 bits per heavy atom. The second-order valence-corrected chi connectivity index (χ2v) is 6.52. The highest BCUT2D eigenvalue weighted by molar-refractivity contribution is 7.92. The topological polar surface area (TPSA) is 66.7 Å². The molecule has 0 radical (unpaired) electrons. The fourth-order valence-electron chi connectivity index (χ4n) is 2.28. The summed E-state index contributed by atoms with van der Waals surface area (Å²) in [5, 5.41) is -0.0330. The SMILES string of the molecule is Cc1ccc(S(=O)(=O)N2CCN(C)c3ccncc32)o1. The molecule has 0 spiro atoms. The van der Waals surface area contributed by atoms with E-state index in [9.17, 15) is 8.42 Å². The molecule has 0 atom stereocenters. The van der Waals surface area contributed by atoms with E-state index >= 15 is 0 Å². The molecule has 0 amide bonds. The Labute approximate surface area is 117 Å². The zero-order valence-electron chi connectivity index (χ0n) is 11.3. The standard InChI is InChI=1S/C13H15N3O3S/c1-10-3-4-13(19-10)20(17,18)16-8-7-15(2)11-5-6-14-9-12(11)16/h3-6,9H,7-8H2,1-2H3. The van der Waals surface area contributed by atoms with Crippen LogP contribution < -0.4 is 9.21 Å². The molecule has 2 aromatic rings. The third kappa shape index (κ3) is 1.94. The minimum absolute atomic E-state index is 0.0330. The van der Waals surface area contributed by atoms with E-state index in [4.69, 9.17) is 4.42 Å². The van der Waals surface area contributed by atoms with Crippen molar-refractivity contribution in [1.82, 2.24) is 4.98 Å². The number of hydrogen-bond donors (Lipinski definition) is 0. The average molecular weight is 293 g/mol. The Morgan fingerprint density at radius 1 is 1.20 bits per heavy atom. The van der Waals surface area contributed by atoms with E-state index in [0.717, 1.165) is 5.69 Å². The van der Waals surface area contributed by atoms with E-state index in [2.05, 4.69) is 4.98 Å². The van der Waals surface area contributed by atoms with Crippen LogP contribution in [0.15, 0.2) is 40.1 Å². The third-order valence-corrected chi connectivity index (χ3v) is 5.04. The van der Waals surface area contributed by atoms with Gasteiger partial charge in [0.15, 0.2) is 0 Å². The first-order valence-corrected chi connectivity index (χ1v) is 7.68. The second kappa shape index (κ2) is 4.52. The number of rotatable bonds is 2. The molecule has 106 valence electrons. The number of nitrogens with zero attached hydrogens (tertiary/aromatic N) is 3. The van der Waals surface area contributed by atoms with Gasteiger partial charge < -0.3 is 9.32 Å². The van der Waals surface area contributed by atoms with E-state index in [1.54, 1.807) is 25.4 Å². The van der Waals surface area contributed by atoms with Gasteiger partial charge in [-0.25, -0.2) is 0 Å². The first kappa shape index (κ1) is 13.0. The highest BCUT2D eigenvalue weighted by atomic mass is 32.2. The summed E-state index contributed by atoms with van der Waals surface area (Å²) >= 11 is 0. The largest absolute Gasteiger partial charge is 0.448 e. The summed E-state index contributed by atoms with van der Waals surface area (Å²) < 4.78 is 31.9. The lowest BCUT2D eigenvalue weighted by molar-refractivity contribution is 0.427. The quantitative estimate of drug-likeness (QED) is 0.842. The molecule has 0 aromatic carbocycles. The molecule has 0 bridgehead atoms. The first-order valence-electron chi connectivity index (χ1n) is 6.24. The molecule has 7 heteroatoms. The van der Waals surface area contributed by atoms with Gasteiger partial charge in [-0.05, 0) is 25.1 Å². The Morgan fingerprint density at radius 2 is 2.00 bits per heavy atom. The van der Waals surface area contributed by atoms with Crippen LogP contribution in [-0.4, -0.2) is 33.5 Å². The Balaban J connectivity index is 2.10. The lowest BCUT2D eigenvalue weighted by Crippen LogP contribution is -2.42. The molecular weight excluding hydrogens is 278 g/mol. The minimum Gasteiger partial charge on any atom is -0.448 e. The molecule has 0 N–H and O–H groups in total. The van der Waals surface area contributed by atoms with Gasteiger partial charge in [-0.2, -0.15) is 8.42 Å². The van der Waals surface area contributed by atoms with Gasteiger partial charge in [0.2, 0.25) is 5.09 Å². The smallest absolute Gasteiger partial charge is 0.297 e. The molecule has 20 heavy (non-hydrogen) atoms. The summed E-state index contributed by atoms with van der Waals surface area (Å²) in [6, 6.07) is 4.94. The number of anilines is 2. The van der Waals surface area contributed by atoms with Gasteiger partial charge in [-0.15, -0.1) is 0 Å². The predicted octanol–water partition coefficient (Wildman–Crippen LogP) is 1.63. The first-order chi connectivity index (χ1) is 9.50. The van der Waals surface area contributed by atoms with Gasteiger partial charge in [0.1, 0.15) is 5.76 Å². The normalized spacial score (nSPS) is 15.3. The Bertz CT molecular complexity index is 739. The molecule has 3 heterocycles. The van der Waals surface area contributed by atoms with Crippen LogP contribution in [0.3, 0.4) is 0 Å². The lowest BCUT2D eigenvalue weighted by atomic mass is 10.2. The molecule has 0 aliphatic carbocycles. The highest BCUT2D eigenvalue weighted by Crippen LogP contribution is 2.34. The van der Waals surface area contributed by atoms with E-state index in [0.29, 0.717) is 24.5 Å². The van der Waals surface area contributed by atoms with Crippen molar-refractivity contribution in [2.24, 2.45) is 0 Å². The minimum atomic E-state index is -3.68. The van der Waals surface area contributed by atoms with Crippen LogP contribution in [0.25, 0.3) is 0 Å². The molecular formula is C13H15N3O3S. The van der Waals surface area contributed by atoms with Gasteiger partial charge in [-0.3, -0.25) is 9.29 Å². The number of aryl methyl sites for hydroxylation is 1. The monoisotopic (exact) mass is 293 g/mol. The molecule has 0 saturated carbocycles. The molecule has 2 aromatic heterocycles. The number of hydrogen-bond acceptors (Lipinski definition) is 5. The number of aromatic nitrogens is 1. The van der Waals surface area contributed by atoms with Gasteiger partial charge in [0.05, 0.1) is 24.1 Å². The molecule has 0 unspecified atom stereocenters. The van der Waals surface area contributed by atoms with E-state index < -0.39 is 10.0 Å². The summed E-state index contributed by atoms with van der Waals surface area (Å²) in [6.45, 7) is 2.71. The van der Waals surface area contributed by atoms with Crippen LogP contribution in [0.1, 0.15) is 5.76 Å². The van der Waals surface area contributed by atoms with Crippen LogP contribution >= 0.6 is 0 Å². The summed E-state index contributed by atoms with van der Waals surface area (Å²) in [5.41, 5.74) is 1.42. The molecule has 0 saturated heterocycles. The van der Waals surface area contributed by atoms with Gasteiger partial charge >= 0.3 is 0 Å². The average Bonchev–Trinajstić information content (AvgIpc) is 2.87. The van der Waals surface area contributed by atoms with E-state index in [1.165, 1.54) is 10.4 Å². The Kier molecular flexibility index (Phi) is 2.93. The van der Waals surface area contributed by atoms with Crippen molar-refractivity contribution < 1.29 is 12.8 Å². The van der Waals surface area contributed by atoms with Crippen LogP contribution in [-0.2, 0) is 10.0 Å². The molecule has 3 rings (SSSR count). The van der Waals surface area contributed by atoms with E-state index in [1.807, 2.05) is 18.0 Å². The van der Waals surface area contributed by atoms with Gasteiger partial charge in [0, 0.05) is 19.8 Å². The van der Waals surface area contributed by atoms with Crippen molar-refractivity contribution in [2.45, 2.75) is 12.0 Å². The number of fused-ring (bicyclic) bond motifs is 1. The number of furan rings is 1. The summed E-state index contributed by atoms with van der Waals surface area (Å²) in [7, 11) is -1.75. The highest BCUT2D eigenvalue weighted by Gasteiger charge is 2.33. The molecule has 0 fully saturated rings. The van der Waals surface area contributed by atoms with Gasteiger partial charge in [-0.1, -0.05) is 0 Å². The molecule has 1 aliphatic rings. The van der Waals surface area contributed by atoms with Crippen LogP contribution in [0, 0.1) is 6.92 Å². The summed E-state index contributed by atoms with van der Waals surface area (Å²) in [5.74, 6) is 0.573. The zero-order chi connectivity index (χ0) is 14.3. The maximum Gasteiger partial charge on any atom is 0.297 e. The summed E-state index contributed by atoms with van der Waals surface area (Å²) in [4.78, 5) is 6.04. The maximum absolute atomic E-state index is 12.7. The van der Waals surface area contributed by atoms with Crippen LogP contribution in [0.5, 0.6) is 0 Å². The maximum atomic E-state index is 12.7. The number of likely N-dealkylation sites (N-methyl/N-ethyl adjacent to an activating group) is 1. The van der Waals surface area contributed by atoms with Crippen molar-refractivity contribution in [2.75, 3.05) is 29.3 Å². The number of sulfonamides is 1. The lowest BCUT2D eigenvalue weighted by Gasteiger charge is -2.35. The Hall–Kier alpha value is -2.02. The molecule has 1 aliphatic heterocycles. The van der Waals surface area contributed by atoms with Crippen LogP contribution in [0.2, 0.25) is 0 Å². The second-order valence-electron chi connectivity index (χ2n) is 4.73. The van der Waals surface area contributed by atoms with Crippen molar-refractivity contribution >= 4 is 21.4 Å². The summed E-state index contributed by atoms with van der Waals surface area (Å²) in [6.07, 6.45) is 3.22. The van der Waals surface area contributed by atoms with Crippen molar-refractivity contribution in [3.63, 3.8) is 0 Å². The molecule has 6 nitrogen and oxygen atoms in total. The zero-order valence-corrected chi connectivity index (χ0v) is 12.1. The third-order valence-electron chi connectivity index (χ3n) is 3.36. The van der Waals surface area contributed by atoms with E-state index in [-0.39, 0.29) is 5.09 Å². The van der Waals surface area contributed by atoms with Crippen LogP contribution in [0.4, 0.5) is 11.4 Å².